The first-order chi connectivity index (χ1) is 5.66. The van der Waals surface area contributed by atoms with Gasteiger partial charge in [-0.05, 0) is 12.1 Å². The average Bonchev–Trinajstić information content (AvgIpc) is 2.03. The summed E-state index contributed by atoms with van der Waals surface area (Å²) in [5.74, 6) is 0. The summed E-state index contributed by atoms with van der Waals surface area (Å²) in [6.45, 7) is 0. The van der Waals surface area contributed by atoms with Crippen LogP contribution >= 0.6 is 11.6 Å². The molecule has 0 saturated carbocycles. The van der Waals surface area contributed by atoms with Crippen LogP contribution in [0.3, 0.4) is 0 Å². The molecule has 0 bridgehead atoms. The van der Waals surface area contributed by atoms with Crippen LogP contribution < -0.4 is 10.0 Å². The summed E-state index contributed by atoms with van der Waals surface area (Å²) in [5.41, 5.74) is 6.74. The van der Waals surface area contributed by atoms with Gasteiger partial charge in [-0.3, -0.25) is 4.31 Å². The van der Waals surface area contributed by atoms with Gasteiger partial charge in [-0.25, -0.2) is 4.21 Å². The second-order valence-corrected chi connectivity index (χ2v) is 3.45. The SMILES string of the molecule is CN([SH]=O)c1c(N)cccc1Cl. The van der Waals surface area contributed by atoms with Crippen molar-refractivity contribution >= 4 is 34.8 Å². The number of nitrogens with two attached hydrogens (primary N) is 1. The van der Waals surface area contributed by atoms with E-state index in [1.807, 2.05) is 0 Å². The van der Waals surface area contributed by atoms with Gasteiger partial charge in [0.2, 0.25) is 0 Å². The zero-order valence-corrected chi connectivity index (χ0v) is 8.14. The second-order valence-electron chi connectivity index (χ2n) is 2.28. The van der Waals surface area contributed by atoms with E-state index < -0.39 is 0 Å². The van der Waals surface area contributed by atoms with E-state index in [1.54, 1.807) is 25.2 Å². The molecule has 0 spiro atoms. The van der Waals surface area contributed by atoms with Crippen molar-refractivity contribution in [1.29, 1.82) is 0 Å². The highest BCUT2D eigenvalue weighted by Gasteiger charge is 2.07. The third-order valence-corrected chi connectivity index (χ3v) is 2.21. The molecular weight excluding hydrogens is 196 g/mol. The van der Waals surface area contributed by atoms with Gasteiger partial charge in [0.1, 0.15) is 11.9 Å². The molecule has 0 heterocycles. The van der Waals surface area contributed by atoms with Crippen molar-refractivity contribution in [2.75, 3.05) is 17.1 Å². The van der Waals surface area contributed by atoms with Crippen LogP contribution in [0.25, 0.3) is 0 Å². The molecule has 66 valence electrons. The highest BCUT2D eigenvalue weighted by molar-refractivity contribution is 7.67. The van der Waals surface area contributed by atoms with Crippen LogP contribution in [0.4, 0.5) is 11.4 Å². The topological polar surface area (TPSA) is 46.3 Å². The number of nitrogen functional groups attached to an aromatic ring is 1. The molecule has 0 amide bonds. The Morgan fingerprint density at radius 3 is 2.75 bits per heavy atom. The Morgan fingerprint density at radius 1 is 1.58 bits per heavy atom. The number of para-hydroxylation sites is 1. The van der Waals surface area contributed by atoms with Gasteiger partial charge >= 0.3 is 0 Å². The van der Waals surface area contributed by atoms with Gasteiger partial charge in [0.05, 0.1) is 16.4 Å². The zero-order chi connectivity index (χ0) is 9.14. The van der Waals surface area contributed by atoms with Gasteiger partial charge in [0, 0.05) is 7.05 Å². The molecule has 0 atom stereocenters. The van der Waals surface area contributed by atoms with Crippen LogP contribution in [0.15, 0.2) is 18.2 Å². The molecule has 0 saturated heterocycles. The maximum Gasteiger partial charge on any atom is 0.106 e. The van der Waals surface area contributed by atoms with Gasteiger partial charge in [-0.1, -0.05) is 17.7 Å². The molecule has 0 aliphatic carbocycles. The summed E-state index contributed by atoms with van der Waals surface area (Å²) in [5, 5.41) is 0.501. The molecule has 2 N–H and O–H groups in total. The fraction of sp³-hybridized carbons (Fsp3) is 0.143. The fourth-order valence-electron chi connectivity index (χ4n) is 0.914. The van der Waals surface area contributed by atoms with Crippen LogP contribution in [-0.2, 0) is 11.9 Å². The highest BCUT2D eigenvalue weighted by atomic mass is 35.5. The van der Waals surface area contributed by atoms with Crippen molar-refractivity contribution in [2.24, 2.45) is 0 Å². The average molecular weight is 205 g/mol. The maximum absolute atomic E-state index is 10.5. The normalized spacial score (nSPS) is 9.83. The Bertz CT molecular complexity index is 285. The minimum atomic E-state index is -0.127. The summed E-state index contributed by atoms with van der Waals surface area (Å²) < 4.78 is 12.0. The number of hydrogen-bond donors (Lipinski definition) is 2. The van der Waals surface area contributed by atoms with Crippen LogP contribution in [0.5, 0.6) is 0 Å². The lowest BCUT2D eigenvalue weighted by molar-refractivity contribution is 0.693. The van der Waals surface area contributed by atoms with Crippen molar-refractivity contribution in [2.45, 2.75) is 0 Å². The van der Waals surface area contributed by atoms with Gasteiger partial charge < -0.3 is 5.73 Å². The molecule has 1 aromatic rings. The summed E-state index contributed by atoms with van der Waals surface area (Å²) in [4.78, 5) is 0. The summed E-state index contributed by atoms with van der Waals surface area (Å²) in [6, 6.07) is 5.16. The third kappa shape index (κ3) is 1.70. The molecule has 0 aliphatic rings. The minimum absolute atomic E-state index is 0.127. The smallest absolute Gasteiger partial charge is 0.106 e. The third-order valence-electron chi connectivity index (χ3n) is 1.46. The van der Waals surface area contributed by atoms with Gasteiger partial charge in [0.25, 0.3) is 0 Å². The predicted octanol–water partition coefficient (Wildman–Crippen LogP) is 1.22. The largest absolute Gasteiger partial charge is 0.397 e. The van der Waals surface area contributed by atoms with Gasteiger partial charge in [0.15, 0.2) is 0 Å². The van der Waals surface area contributed by atoms with Crippen molar-refractivity contribution in [3.63, 3.8) is 0 Å². The highest BCUT2D eigenvalue weighted by Crippen LogP contribution is 2.30. The maximum atomic E-state index is 10.5. The molecular formula is C7H9ClN2OS. The predicted molar refractivity (Wildman–Crippen MR) is 53.8 cm³/mol. The number of halogens is 1. The molecule has 0 fully saturated rings. The first kappa shape index (κ1) is 9.35. The summed E-state index contributed by atoms with van der Waals surface area (Å²) in [7, 11) is 1.64. The van der Waals surface area contributed by atoms with E-state index in [2.05, 4.69) is 0 Å². The molecule has 1 rings (SSSR count). The number of hydrogen-bond acceptors (Lipinski definition) is 2. The number of nitrogens with zero attached hydrogens (tertiary/aromatic N) is 1. The van der Waals surface area contributed by atoms with Crippen molar-refractivity contribution in [3.8, 4) is 0 Å². The second kappa shape index (κ2) is 3.78. The van der Waals surface area contributed by atoms with E-state index in [0.29, 0.717) is 16.4 Å². The number of rotatable bonds is 2. The van der Waals surface area contributed by atoms with E-state index in [-0.39, 0.29) is 11.9 Å². The van der Waals surface area contributed by atoms with E-state index in [9.17, 15) is 4.21 Å². The molecule has 0 aromatic heterocycles. The lowest BCUT2D eigenvalue weighted by Crippen LogP contribution is -2.12. The van der Waals surface area contributed by atoms with Crippen LogP contribution in [-0.4, -0.2) is 11.3 Å². The van der Waals surface area contributed by atoms with Gasteiger partial charge in [-0.2, -0.15) is 0 Å². The van der Waals surface area contributed by atoms with Crippen molar-refractivity contribution < 1.29 is 4.21 Å². The zero-order valence-electron chi connectivity index (χ0n) is 6.49. The lowest BCUT2D eigenvalue weighted by atomic mass is 10.3. The Balaban J connectivity index is 3.20. The Hall–Kier alpha value is -0.740. The monoisotopic (exact) mass is 204 g/mol. The molecule has 1 aromatic carbocycles. The fourth-order valence-corrected chi connectivity index (χ4v) is 1.59. The van der Waals surface area contributed by atoms with Crippen molar-refractivity contribution in [1.82, 2.24) is 0 Å². The first-order valence-electron chi connectivity index (χ1n) is 3.28. The molecule has 0 unspecified atom stereocenters. The summed E-state index contributed by atoms with van der Waals surface area (Å²) in [6.07, 6.45) is 0. The standard InChI is InChI=1S/C7H9ClN2OS/c1-10(12-11)7-5(8)3-2-4-6(7)9/h2-4,12H,9H2,1H3. The van der Waals surface area contributed by atoms with Crippen LogP contribution in [0, 0.1) is 0 Å². The minimum Gasteiger partial charge on any atom is -0.397 e. The van der Waals surface area contributed by atoms with E-state index in [0.717, 1.165) is 0 Å². The van der Waals surface area contributed by atoms with E-state index in [1.165, 1.54) is 4.31 Å². The van der Waals surface area contributed by atoms with Crippen LogP contribution in [0.2, 0.25) is 5.02 Å². The Morgan fingerprint density at radius 2 is 2.25 bits per heavy atom. The first-order valence-corrected chi connectivity index (χ1v) is 4.42. The molecule has 5 heteroatoms. The Labute approximate surface area is 79.7 Å². The number of thiol groups is 1. The van der Waals surface area contributed by atoms with Crippen LogP contribution in [0.1, 0.15) is 0 Å². The van der Waals surface area contributed by atoms with E-state index >= 15 is 0 Å². The molecule has 0 aliphatic heterocycles. The molecule has 0 radical (unpaired) electrons. The number of anilines is 2. The van der Waals surface area contributed by atoms with E-state index in [4.69, 9.17) is 17.3 Å². The lowest BCUT2D eigenvalue weighted by Gasteiger charge is -2.14. The molecule has 12 heavy (non-hydrogen) atoms. The molecule has 3 nitrogen and oxygen atoms in total. The van der Waals surface area contributed by atoms with Gasteiger partial charge in [-0.15, -0.1) is 0 Å². The Kier molecular flexibility index (Phi) is 2.94. The van der Waals surface area contributed by atoms with Crippen molar-refractivity contribution in [3.05, 3.63) is 23.2 Å². The quantitative estimate of drug-likeness (QED) is 0.562. The summed E-state index contributed by atoms with van der Waals surface area (Å²) >= 11 is 5.71. The number of benzene rings is 1.